The molecule has 0 saturated heterocycles. The number of anilines is 1. The molecule has 0 aliphatic rings. The van der Waals surface area contributed by atoms with Crippen LogP contribution >= 0.6 is 0 Å². The van der Waals surface area contributed by atoms with Gasteiger partial charge in [0.1, 0.15) is 11.5 Å². The van der Waals surface area contributed by atoms with Crippen molar-refractivity contribution in [3.8, 4) is 11.5 Å². The lowest BCUT2D eigenvalue weighted by Gasteiger charge is -2.10. The molecule has 0 spiro atoms. The number of benzene rings is 2. The Morgan fingerprint density at radius 3 is 2.38 bits per heavy atom. The zero-order chi connectivity index (χ0) is 17.1. The van der Waals surface area contributed by atoms with E-state index in [1.54, 1.807) is 32.4 Å². The summed E-state index contributed by atoms with van der Waals surface area (Å²) in [6, 6.07) is 13.1. The monoisotopic (exact) mass is 324 g/mol. The summed E-state index contributed by atoms with van der Waals surface area (Å²) < 4.78 is 12.6. The van der Waals surface area contributed by atoms with E-state index in [0.29, 0.717) is 17.1 Å². The first kappa shape index (κ1) is 15.9. The second-order valence-electron chi connectivity index (χ2n) is 5.43. The SMILES string of the molecule is CCn1ccc2ccc(NC(=O)c3cc(OC)cc(OC)c3)cc21. The standard InChI is InChI=1S/C19H20N2O3/c1-4-21-8-7-13-5-6-15(11-18(13)21)20-19(22)14-9-16(23-2)12-17(10-14)24-3/h5-12H,4H2,1-3H3,(H,20,22). The van der Waals surface area contributed by atoms with E-state index in [-0.39, 0.29) is 5.91 Å². The van der Waals surface area contributed by atoms with Gasteiger partial charge in [-0.15, -0.1) is 0 Å². The molecule has 1 aromatic heterocycles. The first-order valence-electron chi connectivity index (χ1n) is 7.78. The Balaban J connectivity index is 1.89. The van der Waals surface area contributed by atoms with Gasteiger partial charge in [-0.3, -0.25) is 4.79 Å². The molecule has 0 atom stereocenters. The highest BCUT2D eigenvalue weighted by Gasteiger charge is 2.11. The number of carbonyl (C=O) groups is 1. The topological polar surface area (TPSA) is 52.5 Å². The summed E-state index contributed by atoms with van der Waals surface area (Å²) >= 11 is 0. The first-order valence-corrected chi connectivity index (χ1v) is 7.78. The molecule has 3 aromatic rings. The predicted octanol–water partition coefficient (Wildman–Crippen LogP) is 3.93. The molecule has 0 fully saturated rings. The quantitative estimate of drug-likeness (QED) is 0.773. The third-order valence-electron chi connectivity index (χ3n) is 3.99. The molecule has 0 radical (unpaired) electrons. The van der Waals surface area contributed by atoms with Crippen LogP contribution in [0, 0.1) is 0 Å². The fourth-order valence-corrected chi connectivity index (χ4v) is 2.68. The van der Waals surface area contributed by atoms with Crippen molar-refractivity contribution in [1.82, 2.24) is 4.57 Å². The van der Waals surface area contributed by atoms with Crippen LogP contribution in [0.3, 0.4) is 0 Å². The molecule has 1 amide bonds. The maximum atomic E-state index is 12.6. The molecule has 1 heterocycles. The van der Waals surface area contributed by atoms with E-state index in [4.69, 9.17) is 9.47 Å². The van der Waals surface area contributed by atoms with Gasteiger partial charge in [0.25, 0.3) is 5.91 Å². The Hall–Kier alpha value is -2.95. The lowest BCUT2D eigenvalue weighted by atomic mass is 10.1. The minimum Gasteiger partial charge on any atom is -0.497 e. The molecule has 1 N–H and O–H groups in total. The zero-order valence-electron chi connectivity index (χ0n) is 14.0. The number of hydrogen-bond acceptors (Lipinski definition) is 3. The molecule has 2 aromatic carbocycles. The molecule has 24 heavy (non-hydrogen) atoms. The zero-order valence-corrected chi connectivity index (χ0v) is 14.0. The Bertz CT molecular complexity index is 861. The van der Waals surface area contributed by atoms with Crippen LogP contribution in [-0.4, -0.2) is 24.7 Å². The number of aromatic nitrogens is 1. The third-order valence-corrected chi connectivity index (χ3v) is 3.99. The Labute approximate surface area is 140 Å². The number of amides is 1. The lowest BCUT2D eigenvalue weighted by Crippen LogP contribution is -2.12. The summed E-state index contributed by atoms with van der Waals surface area (Å²) in [7, 11) is 3.12. The third kappa shape index (κ3) is 3.06. The summed E-state index contributed by atoms with van der Waals surface area (Å²) in [5.41, 5.74) is 2.33. The van der Waals surface area contributed by atoms with Crippen LogP contribution in [0.2, 0.25) is 0 Å². The molecule has 3 rings (SSSR count). The van der Waals surface area contributed by atoms with Crippen molar-refractivity contribution in [2.45, 2.75) is 13.5 Å². The molecule has 0 aliphatic carbocycles. The number of nitrogens with one attached hydrogen (secondary N) is 1. The van der Waals surface area contributed by atoms with E-state index < -0.39 is 0 Å². The predicted molar refractivity (Wildman–Crippen MR) is 95.1 cm³/mol. The van der Waals surface area contributed by atoms with E-state index in [1.165, 1.54) is 0 Å². The number of ether oxygens (including phenoxy) is 2. The largest absolute Gasteiger partial charge is 0.497 e. The molecule has 5 heteroatoms. The molecule has 0 saturated carbocycles. The maximum absolute atomic E-state index is 12.6. The van der Waals surface area contributed by atoms with Gasteiger partial charge in [-0.05, 0) is 42.6 Å². The van der Waals surface area contributed by atoms with Crippen LogP contribution in [0.4, 0.5) is 5.69 Å². The van der Waals surface area contributed by atoms with E-state index >= 15 is 0 Å². The lowest BCUT2D eigenvalue weighted by molar-refractivity contribution is 0.102. The minimum absolute atomic E-state index is 0.207. The normalized spacial score (nSPS) is 10.6. The number of hydrogen-bond donors (Lipinski definition) is 1. The van der Waals surface area contributed by atoms with Crippen LogP contribution in [-0.2, 0) is 6.54 Å². The van der Waals surface area contributed by atoms with Gasteiger partial charge in [0, 0.05) is 30.1 Å². The Kier molecular flexibility index (Phi) is 4.42. The van der Waals surface area contributed by atoms with Gasteiger partial charge in [0.05, 0.1) is 19.7 Å². The van der Waals surface area contributed by atoms with Crippen molar-refractivity contribution in [3.05, 3.63) is 54.2 Å². The van der Waals surface area contributed by atoms with Crippen LogP contribution < -0.4 is 14.8 Å². The molecule has 0 bridgehead atoms. The smallest absolute Gasteiger partial charge is 0.255 e. The van der Waals surface area contributed by atoms with Crippen LogP contribution in [0.5, 0.6) is 11.5 Å². The molecule has 5 nitrogen and oxygen atoms in total. The van der Waals surface area contributed by atoms with Gasteiger partial charge in [-0.2, -0.15) is 0 Å². The first-order chi connectivity index (χ1) is 11.6. The summed E-state index contributed by atoms with van der Waals surface area (Å²) in [4.78, 5) is 12.6. The van der Waals surface area contributed by atoms with Gasteiger partial charge in [-0.25, -0.2) is 0 Å². The molecule has 124 valence electrons. The summed E-state index contributed by atoms with van der Waals surface area (Å²) in [5, 5.41) is 4.08. The van der Waals surface area contributed by atoms with Crippen molar-refractivity contribution in [2.24, 2.45) is 0 Å². The van der Waals surface area contributed by atoms with Crippen molar-refractivity contribution in [1.29, 1.82) is 0 Å². The number of fused-ring (bicyclic) bond motifs is 1. The van der Waals surface area contributed by atoms with E-state index in [9.17, 15) is 4.79 Å². The molecule has 0 unspecified atom stereocenters. The summed E-state index contributed by atoms with van der Waals surface area (Å²) in [6.45, 7) is 2.97. The van der Waals surface area contributed by atoms with E-state index in [0.717, 1.165) is 23.1 Å². The highest BCUT2D eigenvalue weighted by molar-refractivity contribution is 6.05. The molecular weight excluding hydrogens is 304 g/mol. The Morgan fingerprint density at radius 2 is 1.75 bits per heavy atom. The van der Waals surface area contributed by atoms with Crippen molar-refractivity contribution < 1.29 is 14.3 Å². The minimum atomic E-state index is -0.207. The van der Waals surface area contributed by atoms with Gasteiger partial charge < -0.3 is 19.4 Å². The fourth-order valence-electron chi connectivity index (χ4n) is 2.68. The maximum Gasteiger partial charge on any atom is 0.255 e. The summed E-state index contributed by atoms with van der Waals surface area (Å²) in [6.07, 6.45) is 2.04. The van der Waals surface area contributed by atoms with Crippen LogP contribution in [0.25, 0.3) is 10.9 Å². The molecular formula is C19H20N2O3. The van der Waals surface area contributed by atoms with Gasteiger partial charge >= 0.3 is 0 Å². The van der Waals surface area contributed by atoms with Gasteiger partial charge in [-0.1, -0.05) is 6.07 Å². The van der Waals surface area contributed by atoms with Crippen molar-refractivity contribution in [2.75, 3.05) is 19.5 Å². The average Bonchev–Trinajstić information content (AvgIpc) is 3.03. The van der Waals surface area contributed by atoms with Crippen LogP contribution in [0.1, 0.15) is 17.3 Å². The van der Waals surface area contributed by atoms with Crippen molar-refractivity contribution >= 4 is 22.5 Å². The number of aryl methyl sites for hydroxylation is 1. The highest BCUT2D eigenvalue weighted by atomic mass is 16.5. The second kappa shape index (κ2) is 6.66. The fraction of sp³-hybridized carbons (Fsp3) is 0.211. The average molecular weight is 324 g/mol. The van der Waals surface area contributed by atoms with Gasteiger partial charge in [0.15, 0.2) is 0 Å². The number of nitrogens with zero attached hydrogens (tertiary/aromatic N) is 1. The molecule has 0 aliphatic heterocycles. The second-order valence-corrected chi connectivity index (χ2v) is 5.43. The van der Waals surface area contributed by atoms with E-state index in [1.807, 2.05) is 24.4 Å². The number of methoxy groups -OCH3 is 2. The summed E-state index contributed by atoms with van der Waals surface area (Å²) in [5.74, 6) is 0.950. The number of rotatable bonds is 5. The van der Waals surface area contributed by atoms with Crippen LogP contribution in [0.15, 0.2) is 48.7 Å². The highest BCUT2D eigenvalue weighted by Crippen LogP contribution is 2.24. The van der Waals surface area contributed by atoms with E-state index in [2.05, 4.69) is 22.9 Å². The van der Waals surface area contributed by atoms with Crippen molar-refractivity contribution in [3.63, 3.8) is 0 Å². The van der Waals surface area contributed by atoms with Gasteiger partial charge in [0.2, 0.25) is 0 Å². The number of carbonyl (C=O) groups excluding carboxylic acids is 1. The Morgan fingerprint density at radius 1 is 1.04 bits per heavy atom.